The van der Waals surface area contributed by atoms with Crippen molar-refractivity contribution in [3.05, 3.63) is 75.7 Å². The normalized spacial score (nSPS) is 14.7. The number of hydrogen-bond acceptors (Lipinski definition) is 5. The fourth-order valence-corrected chi connectivity index (χ4v) is 3.52. The topological polar surface area (TPSA) is 105 Å². The molecule has 1 aliphatic rings. The van der Waals surface area contributed by atoms with Crippen LogP contribution in [0.25, 0.3) is 4.48 Å². The molecule has 29 heavy (non-hydrogen) atoms. The van der Waals surface area contributed by atoms with E-state index in [4.69, 9.17) is 0 Å². The van der Waals surface area contributed by atoms with Gasteiger partial charge >= 0.3 is 0 Å². The van der Waals surface area contributed by atoms with Crippen LogP contribution in [0.5, 0.6) is 0 Å². The van der Waals surface area contributed by atoms with E-state index in [2.05, 4.69) is 26.2 Å². The van der Waals surface area contributed by atoms with Crippen LogP contribution < -0.4 is 5.32 Å². The third-order valence-corrected chi connectivity index (χ3v) is 5.42. The number of non-ortho nitro benzene ring substituents is 1. The Bertz CT molecular complexity index is 939. The molecule has 1 fully saturated rings. The highest BCUT2D eigenvalue weighted by atomic mass is 79.9. The summed E-state index contributed by atoms with van der Waals surface area (Å²) in [6.07, 6.45) is 6.11. The molecule has 0 bridgehead atoms. The van der Waals surface area contributed by atoms with Crippen molar-refractivity contribution in [2.75, 3.05) is 13.1 Å². The van der Waals surface area contributed by atoms with Gasteiger partial charge in [0.2, 0.25) is 0 Å². The molecule has 8 nitrogen and oxygen atoms in total. The van der Waals surface area contributed by atoms with Gasteiger partial charge in [0, 0.05) is 48.7 Å². The Kier molecular flexibility index (Phi) is 6.71. The van der Waals surface area contributed by atoms with E-state index in [-0.39, 0.29) is 22.9 Å². The predicted molar refractivity (Wildman–Crippen MR) is 111 cm³/mol. The van der Waals surface area contributed by atoms with Crippen molar-refractivity contribution in [1.82, 2.24) is 15.2 Å². The second-order valence-electron chi connectivity index (χ2n) is 6.54. The predicted octanol–water partition coefficient (Wildman–Crippen LogP) is 3.50. The number of likely N-dealkylation sites (tertiary alicyclic amines) is 1. The first-order valence-corrected chi connectivity index (χ1v) is 9.92. The van der Waals surface area contributed by atoms with Gasteiger partial charge in [-0.1, -0.05) is 6.07 Å². The van der Waals surface area contributed by atoms with Gasteiger partial charge < -0.3 is 10.2 Å². The van der Waals surface area contributed by atoms with Gasteiger partial charge in [0.1, 0.15) is 5.70 Å². The van der Waals surface area contributed by atoms with E-state index in [9.17, 15) is 19.7 Å². The lowest BCUT2D eigenvalue weighted by molar-refractivity contribution is -0.384. The molecular formula is C20H19BrN4O4. The average molecular weight is 459 g/mol. The van der Waals surface area contributed by atoms with E-state index in [1.165, 1.54) is 24.3 Å². The van der Waals surface area contributed by atoms with Gasteiger partial charge in [-0.2, -0.15) is 0 Å². The van der Waals surface area contributed by atoms with Crippen molar-refractivity contribution in [1.29, 1.82) is 0 Å². The first-order valence-electron chi connectivity index (χ1n) is 9.12. The summed E-state index contributed by atoms with van der Waals surface area (Å²) in [5.74, 6) is -0.809. The minimum Gasteiger partial charge on any atom is -0.337 e. The quantitative estimate of drug-likeness (QED) is 0.419. The van der Waals surface area contributed by atoms with Crippen molar-refractivity contribution >= 4 is 37.9 Å². The Morgan fingerprint density at radius 2 is 1.76 bits per heavy atom. The van der Waals surface area contributed by atoms with Crippen molar-refractivity contribution in [2.24, 2.45) is 0 Å². The van der Waals surface area contributed by atoms with Crippen LogP contribution in [0.15, 0.2) is 54.5 Å². The zero-order chi connectivity index (χ0) is 20.8. The summed E-state index contributed by atoms with van der Waals surface area (Å²) in [6.45, 7) is 1.26. The second-order valence-corrected chi connectivity index (χ2v) is 7.33. The second kappa shape index (κ2) is 9.42. The minimum absolute atomic E-state index is 0.113. The maximum Gasteiger partial charge on any atom is 0.271 e. The molecule has 1 aromatic carbocycles. The van der Waals surface area contributed by atoms with Gasteiger partial charge in [-0.15, -0.1) is 0 Å². The number of nitrogens with zero attached hydrogens (tertiary/aromatic N) is 3. The number of rotatable bonds is 5. The molecule has 2 heterocycles. The molecule has 2 amide bonds. The maximum atomic E-state index is 13.1. The van der Waals surface area contributed by atoms with Crippen LogP contribution in [-0.2, 0) is 4.79 Å². The molecule has 1 aliphatic heterocycles. The summed E-state index contributed by atoms with van der Waals surface area (Å²) in [6, 6.07) is 8.72. The fraction of sp³-hybridized carbons (Fsp3) is 0.250. The molecule has 150 valence electrons. The highest BCUT2D eigenvalue weighted by molar-refractivity contribution is 9.15. The summed E-state index contributed by atoms with van der Waals surface area (Å²) < 4.78 is 0.427. The zero-order valence-electron chi connectivity index (χ0n) is 15.5. The van der Waals surface area contributed by atoms with E-state index in [1.54, 1.807) is 29.4 Å². The Labute approximate surface area is 175 Å². The smallest absolute Gasteiger partial charge is 0.271 e. The van der Waals surface area contributed by atoms with Gasteiger partial charge in [-0.3, -0.25) is 24.7 Å². The number of nitro groups is 1. The lowest BCUT2D eigenvalue weighted by Crippen LogP contribution is -2.41. The molecule has 0 saturated carbocycles. The molecule has 0 unspecified atom stereocenters. The molecule has 1 aromatic heterocycles. The molecule has 3 rings (SSSR count). The number of aromatic nitrogens is 1. The van der Waals surface area contributed by atoms with Crippen LogP contribution in [0, 0.1) is 10.1 Å². The molecule has 0 radical (unpaired) electrons. The lowest BCUT2D eigenvalue weighted by atomic mass is 10.1. The summed E-state index contributed by atoms with van der Waals surface area (Å²) in [4.78, 5) is 41.9. The van der Waals surface area contributed by atoms with Crippen molar-refractivity contribution in [3.8, 4) is 0 Å². The number of nitrogens with one attached hydrogen (secondary N) is 1. The van der Waals surface area contributed by atoms with E-state index in [1.807, 2.05) is 0 Å². The molecule has 0 aliphatic carbocycles. The number of carbonyl (C=O) groups excluding carboxylic acids is 2. The highest BCUT2D eigenvalue weighted by Crippen LogP contribution is 2.26. The molecule has 9 heteroatoms. The van der Waals surface area contributed by atoms with Crippen molar-refractivity contribution < 1.29 is 14.5 Å². The van der Waals surface area contributed by atoms with E-state index in [0.29, 0.717) is 23.1 Å². The highest BCUT2D eigenvalue weighted by Gasteiger charge is 2.25. The molecule has 0 spiro atoms. The van der Waals surface area contributed by atoms with E-state index >= 15 is 0 Å². The Balaban J connectivity index is 1.91. The molecule has 1 N–H and O–H groups in total. The number of benzene rings is 1. The number of piperidine rings is 1. The Morgan fingerprint density at radius 1 is 1.07 bits per heavy atom. The average Bonchev–Trinajstić information content (AvgIpc) is 2.77. The summed E-state index contributed by atoms with van der Waals surface area (Å²) in [7, 11) is 0. The standard InChI is InChI=1S/C20H19BrN4O4/c21-17(15-5-4-10-22-13-15)18(20(27)24-11-2-1-3-12-24)23-19(26)14-6-8-16(9-7-14)25(28)29/h4-10,13H,1-3,11-12H2,(H,23,26). The van der Waals surface area contributed by atoms with E-state index in [0.717, 1.165) is 19.3 Å². The maximum absolute atomic E-state index is 13.1. The Hall–Kier alpha value is -3.07. The number of halogens is 1. The first kappa shape index (κ1) is 20.7. The van der Waals surface area contributed by atoms with Crippen LogP contribution in [0.2, 0.25) is 0 Å². The summed E-state index contributed by atoms with van der Waals surface area (Å²) in [5.41, 5.74) is 0.865. The third kappa shape index (κ3) is 5.05. The van der Waals surface area contributed by atoms with E-state index < -0.39 is 10.8 Å². The van der Waals surface area contributed by atoms with Crippen molar-refractivity contribution in [2.45, 2.75) is 19.3 Å². The van der Waals surface area contributed by atoms with Gasteiger partial charge in [-0.25, -0.2) is 0 Å². The van der Waals surface area contributed by atoms with Gasteiger partial charge in [-0.05, 0) is 53.4 Å². The molecule has 1 saturated heterocycles. The van der Waals surface area contributed by atoms with Crippen LogP contribution in [0.3, 0.4) is 0 Å². The monoisotopic (exact) mass is 458 g/mol. The van der Waals surface area contributed by atoms with Crippen LogP contribution in [-0.4, -0.2) is 39.7 Å². The van der Waals surface area contributed by atoms with Crippen molar-refractivity contribution in [3.63, 3.8) is 0 Å². The first-order chi connectivity index (χ1) is 14.0. The number of nitro benzene ring substituents is 1. The molecular weight excluding hydrogens is 440 g/mol. The fourth-order valence-electron chi connectivity index (χ4n) is 3.01. The number of carbonyl (C=O) groups is 2. The van der Waals surface area contributed by atoms with Crippen LogP contribution >= 0.6 is 15.9 Å². The SMILES string of the molecule is O=C(NC(C(=O)N1CCCCC1)=C(Br)c1cccnc1)c1ccc([N+](=O)[O-])cc1. The summed E-state index contributed by atoms with van der Waals surface area (Å²) >= 11 is 3.44. The zero-order valence-corrected chi connectivity index (χ0v) is 17.1. The van der Waals surface area contributed by atoms with Gasteiger partial charge in [0.05, 0.1) is 9.41 Å². The van der Waals surface area contributed by atoms with Gasteiger partial charge in [0.15, 0.2) is 0 Å². The minimum atomic E-state index is -0.536. The Morgan fingerprint density at radius 3 is 2.34 bits per heavy atom. The summed E-state index contributed by atoms with van der Waals surface area (Å²) in [5, 5.41) is 13.5. The third-order valence-electron chi connectivity index (χ3n) is 4.57. The number of hydrogen-bond donors (Lipinski definition) is 1. The largest absolute Gasteiger partial charge is 0.337 e. The number of amides is 2. The van der Waals surface area contributed by atoms with Crippen LogP contribution in [0.1, 0.15) is 35.2 Å². The lowest BCUT2D eigenvalue weighted by Gasteiger charge is -2.28. The van der Waals surface area contributed by atoms with Gasteiger partial charge in [0.25, 0.3) is 17.5 Å². The number of pyridine rings is 1. The van der Waals surface area contributed by atoms with Crippen LogP contribution in [0.4, 0.5) is 5.69 Å². The molecule has 0 atom stereocenters. The molecule has 2 aromatic rings.